The summed E-state index contributed by atoms with van der Waals surface area (Å²) in [5, 5.41) is 11.7. The summed E-state index contributed by atoms with van der Waals surface area (Å²) >= 11 is 7.20. The summed E-state index contributed by atoms with van der Waals surface area (Å²) in [5.41, 5.74) is 0.680. The number of carbonyl (C=O) groups excluding carboxylic acids is 1. The van der Waals surface area contributed by atoms with Crippen molar-refractivity contribution in [3.05, 3.63) is 59.1 Å². The van der Waals surface area contributed by atoms with Crippen molar-refractivity contribution in [3.63, 3.8) is 0 Å². The van der Waals surface area contributed by atoms with Crippen molar-refractivity contribution >= 4 is 35.0 Å². The summed E-state index contributed by atoms with van der Waals surface area (Å²) in [6, 6.07) is 11.0. The Kier molecular flexibility index (Phi) is 6.95. The van der Waals surface area contributed by atoms with Gasteiger partial charge in [-0.25, -0.2) is 4.39 Å². The van der Waals surface area contributed by atoms with E-state index in [0.29, 0.717) is 28.2 Å². The fraction of sp³-hybridized carbons (Fsp3) is 0.211. The van der Waals surface area contributed by atoms with Gasteiger partial charge in [0.2, 0.25) is 5.91 Å². The number of hydrogen-bond acceptors (Lipinski definition) is 6. The predicted molar refractivity (Wildman–Crippen MR) is 109 cm³/mol. The van der Waals surface area contributed by atoms with Gasteiger partial charge < -0.3 is 19.4 Å². The molecule has 0 fully saturated rings. The van der Waals surface area contributed by atoms with Crippen LogP contribution in [0.3, 0.4) is 0 Å². The van der Waals surface area contributed by atoms with Gasteiger partial charge in [-0.05, 0) is 42.5 Å². The van der Waals surface area contributed by atoms with E-state index in [9.17, 15) is 9.18 Å². The van der Waals surface area contributed by atoms with Gasteiger partial charge in [-0.3, -0.25) is 4.79 Å². The second-order valence-electron chi connectivity index (χ2n) is 5.89. The molecule has 0 radical (unpaired) electrons. The molecule has 0 aliphatic carbocycles. The zero-order chi connectivity index (χ0) is 20.8. The van der Waals surface area contributed by atoms with Gasteiger partial charge in [-0.15, -0.1) is 10.2 Å². The Morgan fingerprint density at radius 1 is 1.24 bits per heavy atom. The third kappa shape index (κ3) is 5.61. The number of aromatic nitrogens is 3. The van der Waals surface area contributed by atoms with E-state index in [0.717, 1.165) is 0 Å². The van der Waals surface area contributed by atoms with Crippen molar-refractivity contribution in [2.75, 3.05) is 18.2 Å². The summed E-state index contributed by atoms with van der Waals surface area (Å²) in [7, 11) is 3.35. The van der Waals surface area contributed by atoms with Gasteiger partial charge in [0.1, 0.15) is 23.9 Å². The van der Waals surface area contributed by atoms with Crippen LogP contribution in [0, 0.1) is 5.82 Å². The van der Waals surface area contributed by atoms with Crippen LogP contribution in [-0.4, -0.2) is 33.5 Å². The Hall–Kier alpha value is -2.78. The minimum atomic E-state index is -0.437. The first-order valence-electron chi connectivity index (χ1n) is 8.49. The minimum Gasteiger partial charge on any atom is -0.497 e. The quantitative estimate of drug-likeness (QED) is 0.539. The Bertz CT molecular complexity index is 998. The number of rotatable bonds is 8. The van der Waals surface area contributed by atoms with Gasteiger partial charge >= 0.3 is 0 Å². The van der Waals surface area contributed by atoms with Crippen LogP contribution in [0.2, 0.25) is 5.02 Å². The number of anilines is 1. The lowest BCUT2D eigenvalue weighted by Crippen LogP contribution is -2.14. The zero-order valence-corrected chi connectivity index (χ0v) is 17.3. The first kappa shape index (κ1) is 20.9. The van der Waals surface area contributed by atoms with Crippen LogP contribution in [0.25, 0.3) is 0 Å². The molecular weight excluding hydrogens is 419 g/mol. The number of ether oxygens (including phenoxy) is 2. The van der Waals surface area contributed by atoms with Gasteiger partial charge in [-0.2, -0.15) is 0 Å². The van der Waals surface area contributed by atoms with E-state index in [-0.39, 0.29) is 23.3 Å². The highest BCUT2D eigenvalue weighted by Crippen LogP contribution is 2.26. The lowest BCUT2D eigenvalue weighted by atomic mass is 10.3. The number of methoxy groups -OCH3 is 1. The zero-order valence-electron chi connectivity index (χ0n) is 15.7. The molecule has 0 unspecified atom stereocenters. The summed E-state index contributed by atoms with van der Waals surface area (Å²) < 4.78 is 25.5. The van der Waals surface area contributed by atoms with Crippen LogP contribution >= 0.6 is 23.4 Å². The SMILES string of the molecule is COc1ccc(NC(=O)CSc2nnc(COc3ccc(F)cc3Cl)n2C)cc1. The van der Waals surface area contributed by atoms with Crippen molar-refractivity contribution in [2.24, 2.45) is 7.05 Å². The number of nitrogens with zero attached hydrogens (tertiary/aromatic N) is 3. The molecule has 3 rings (SSSR count). The average Bonchev–Trinajstić information content (AvgIpc) is 3.06. The van der Waals surface area contributed by atoms with Crippen molar-refractivity contribution in [3.8, 4) is 11.5 Å². The number of halogens is 2. The van der Waals surface area contributed by atoms with E-state index >= 15 is 0 Å². The fourth-order valence-electron chi connectivity index (χ4n) is 2.33. The minimum absolute atomic E-state index is 0.105. The molecule has 152 valence electrons. The van der Waals surface area contributed by atoms with E-state index in [2.05, 4.69) is 15.5 Å². The molecule has 1 N–H and O–H groups in total. The normalized spacial score (nSPS) is 10.6. The van der Waals surface area contributed by atoms with Gasteiger partial charge in [0.25, 0.3) is 0 Å². The number of carbonyl (C=O) groups is 1. The predicted octanol–water partition coefficient (Wildman–Crippen LogP) is 3.93. The highest BCUT2D eigenvalue weighted by molar-refractivity contribution is 7.99. The standard InChI is InChI=1S/C19H18ClFN4O3S/c1-25-17(10-28-16-8-3-12(21)9-15(16)20)23-24-19(25)29-11-18(26)22-13-4-6-14(27-2)7-5-13/h3-9H,10-11H2,1-2H3,(H,22,26). The van der Waals surface area contributed by atoms with E-state index in [1.54, 1.807) is 43.0 Å². The Balaban J connectivity index is 1.52. The van der Waals surface area contributed by atoms with Crippen molar-refractivity contribution in [2.45, 2.75) is 11.8 Å². The molecule has 0 atom stereocenters. The molecule has 0 saturated heterocycles. The third-order valence-corrected chi connectivity index (χ3v) is 5.20. The third-order valence-electron chi connectivity index (χ3n) is 3.88. The second-order valence-corrected chi connectivity index (χ2v) is 7.24. The number of nitrogens with one attached hydrogen (secondary N) is 1. The number of hydrogen-bond donors (Lipinski definition) is 1. The molecule has 1 aromatic heterocycles. The van der Waals surface area contributed by atoms with Crippen LogP contribution < -0.4 is 14.8 Å². The van der Waals surface area contributed by atoms with Crippen molar-refractivity contribution in [1.82, 2.24) is 14.8 Å². The van der Waals surface area contributed by atoms with Crippen LogP contribution in [0.15, 0.2) is 47.6 Å². The first-order valence-corrected chi connectivity index (χ1v) is 9.85. The van der Waals surface area contributed by atoms with Crippen LogP contribution in [0.5, 0.6) is 11.5 Å². The summed E-state index contributed by atoms with van der Waals surface area (Å²) in [4.78, 5) is 12.1. The highest BCUT2D eigenvalue weighted by Gasteiger charge is 2.13. The van der Waals surface area contributed by atoms with E-state index in [4.69, 9.17) is 21.1 Å². The summed E-state index contributed by atoms with van der Waals surface area (Å²) in [5.74, 6) is 1.18. The Morgan fingerprint density at radius 2 is 2.00 bits per heavy atom. The van der Waals surface area contributed by atoms with E-state index in [1.165, 1.54) is 30.0 Å². The topological polar surface area (TPSA) is 78.3 Å². The highest BCUT2D eigenvalue weighted by atomic mass is 35.5. The molecule has 2 aromatic carbocycles. The fourth-order valence-corrected chi connectivity index (χ4v) is 3.28. The number of thioether (sulfide) groups is 1. The maximum atomic E-state index is 13.1. The summed E-state index contributed by atoms with van der Waals surface area (Å²) in [6.07, 6.45) is 0. The molecule has 29 heavy (non-hydrogen) atoms. The molecule has 1 heterocycles. The number of amides is 1. The molecule has 3 aromatic rings. The molecule has 7 nitrogen and oxygen atoms in total. The maximum Gasteiger partial charge on any atom is 0.234 e. The molecule has 10 heteroatoms. The van der Waals surface area contributed by atoms with E-state index in [1.807, 2.05) is 0 Å². The van der Waals surface area contributed by atoms with E-state index < -0.39 is 5.82 Å². The van der Waals surface area contributed by atoms with Gasteiger partial charge in [-0.1, -0.05) is 23.4 Å². The monoisotopic (exact) mass is 436 g/mol. The average molecular weight is 437 g/mol. The van der Waals surface area contributed by atoms with Crippen LogP contribution in [0.1, 0.15) is 5.82 Å². The largest absolute Gasteiger partial charge is 0.497 e. The molecule has 0 aliphatic rings. The second kappa shape index (κ2) is 9.62. The molecular formula is C19H18ClFN4O3S. The Labute approximate surface area is 176 Å². The van der Waals surface area contributed by atoms with Gasteiger partial charge in [0.15, 0.2) is 11.0 Å². The lowest BCUT2D eigenvalue weighted by Gasteiger charge is -2.08. The molecule has 0 bridgehead atoms. The van der Waals surface area contributed by atoms with Crippen LogP contribution in [0.4, 0.5) is 10.1 Å². The Morgan fingerprint density at radius 3 is 2.69 bits per heavy atom. The van der Waals surface area contributed by atoms with Crippen LogP contribution in [-0.2, 0) is 18.4 Å². The molecule has 0 saturated carbocycles. The molecule has 0 spiro atoms. The van der Waals surface area contributed by atoms with Gasteiger partial charge in [0.05, 0.1) is 17.9 Å². The molecule has 0 aliphatic heterocycles. The van der Waals surface area contributed by atoms with Gasteiger partial charge in [0, 0.05) is 12.7 Å². The lowest BCUT2D eigenvalue weighted by molar-refractivity contribution is -0.113. The smallest absolute Gasteiger partial charge is 0.234 e. The molecule has 1 amide bonds. The van der Waals surface area contributed by atoms with Crippen molar-refractivity contribution in [1.29, 1.82) is 0 Å². The number of benzene rings is 2. The van der Waals surface area contributed by atoms with Crippen molar-refractivity contribution < 1.29 is 18.7 Å². The maximum absolute atomic E-state index is 13.1. The first-order chi connectivity index (χ1) is 14.0. The summed E-state index contributed by atoms with van der Waals surface area (Å²) in [6.45, 7) is 0.105.